The van der Waals surface area contributed by atoms with Gasteiger partial charge in [-0.3, -0.25) is 0 Å². The Hall–Kier alpha value is 0.440. The molecule has 0 N–H and O–H groups in total. The Kier molecular flexibility index (Phi) is 5.34. The van der Waals surface area contributed by atoms with Crippen LogP contribution in [0.15, 0.2) is 0 Å². The first-order chi connectivity index (χ1) is 6.24. The molecule has 13 heavy (non-hydrogen) atoms. The summed E-state index contributed by atoms with van der Waals surface area (Å²) in [6.45, 7) is 5.56. The Morgan fingerprint density at radius 1 is 1.54 bits per heavy atom. The van der Waals surface area contributed by atoms with Gasteiger partial charge in [-0.2, -0.15) is 0 Å². The van der Waals surface area contributed by atoms with Crippen LogP contribution in [0.5, 0.6) is 0 Å². The van der Waals surface area contributed by atoms with Crippen molar-refractivity contribution in [1.82, 2.24) is 0 Å². The van der Waals surface area contributed by atoms with Gasteiger partial charge in [0.15, 0.2) is 0 Å². The lowest BCUT2D eigenvalue weighted by atomic mass is 9.97. The fraction of sp³-hybridized carbons (Fsp3) is 1.00. The lowest BCUT2D eigenvalue weighted by molar-refractivity contribution is 0.0986. The van der Waals surface area contributed by atoms with Crippen LogP contribution < -0.4 is 0 Å². The standard InChI is InChI=1S/C11H21BrO/c1-3-11(12)9(2)6-7-10-5-4-8-13-10/h9-11H,3-8H2,1-2H3. The molecule has 0 radical (unpaired) electrons. The quantitative estimate of drug-likeness (QED) is 0.674. The molecule has 0 saturated carbocycles. The predicted octanol–water partition coefficient (Wildman–Crippen LogP) is 3.76. The molecule has 0 aromatic heterocycles. The van der Waals surface area contributed by atoms with Crippen LogP contribution in [-0.2, 0) is 4.74 Å². The Bertz CT molecular complexity index is 132. The maximum absolute atomic E-state index is 5.60. The van der Waals surface area contributed by atoms with E-state index < -0.39 is 0 Å². The highest BCUT2D eigenvalue weighted by atomic mass is 79.9. The minimum atomic E-state index is 0.569. The summed E-state index contributed by atoms with van der Waals surface area (Å²) in [5, 5.41) is 0. The average Bonchev–Trinajstić information content (AvgIpc) is 2.65. The van der Waals surface area contributed by atoms with E-state index in [-0.39, 0.29) is 0 Å². The van der Waals surface area contributed by atoms with Crippen molar-refractivity contribution in [2.45, 2.75) is 56.9 Å². The Morgan fingerprint density at radius 3 is 2.85 bits per heavy atom. The first-order valence-electron chi connectivity index (χ1n) is 5.49. The van der Waals surface area contributed by atoms with Crippen molar-refractivity contribution < 1.29 is 4.74 Å². The smallest absolute Gasteiger partial charge is 0.0576 e. The number of ether oxygens (including phenoxy) is 1. The van der Waals surface area contributed by atoms with E-state index in [0.717, 1.165) is 12.5 Å². The molecule has 1 nitrogen and oxygen atoms in total. The number of alkyl halides is 1. The van der Waals surface area contributed by atoms with Crippen LogP contribution in [0.25, 0.3) is 0 Å². The largest absolute Gasteiger partial charge is 0.378 e. The number of hydrogen-bond acceptors (Lipinski definition) is 1. The van der Waals surface area contributed by atoms with Crippen LogP contribution in [-0.4, -0.2) is 17.5 Å². The average molecular weight is 249 g/mol. The van der Waals surface area contributed by atoms with E-state index >= 15 is 0 Å². The van der Waals surface area contributed by atoms with Crippen molar-refractivity contribution >= 4 is 15.9 Å². The van der Waals surface area contributed by atoms with Crippen molar-refractivity contribution in [3.05, 3.63) is 0 Å². The molecule has 2 heteroatoms. The second kappa shape index (κ2) is 6.02. The highest BCUT2D eigenvalue weighted by Crippen LogP contribution is 2.24. The van der Waals surface area contributed by atoms with Gasteiger partial charge in [-0.25, -0.2) is 0 Å². The molecule has 1 aliphatic heterocycles. The summed E-state index contributed by atoms with van der Waals surface area (Å²) in [6, 6.07) is 0. The lowest BCUT2D eigenvalue weighted by Crippen LogP contribution is -2.13. The summed E-state index contributed by atoms with van der Waals surface area (Å²) < 4.78 is 5.60. The summed E-state index contributed by atoms with van der Waals surface area (Å²) in [5.74, 6) is 0.786. The zero-order valence-electron chi connectivity index (χ0n) is 8.76. The summed E-state index contributed by atoms with van der Waals surface area (Å²) >= 11 is 3.71. The molecule has 3 unspecified atom stereocenters. The van der Waals surface area contributed by atoms with Crippen molar-refractivity contribution in [3.63, 3.8) is 0 Å². The minimum absolute atomic E-state index is 0.569. The third kappa shape index (κ3) is 3.99. The highest BCUT2D eigenvalue weighted by Gasteiger charge is 2.18. The van der Waals surface area contributed by atoms with Gasteiger partial charge in [-0.05, 0) is 38.0 Å². The van der Waals surface area contributed by atoms with Crippen LogP contribution in [0.4, 0.5) is 0 Å². The lowest BCUT2D eigenvalue weighted by Gasteiger charge is -2.18. The monoisotopic (exact) mass is 248 g/mol. The minimum Gasteiger partial charge on any atom is -0.378 e. The summed E-state index contributed by atoms with van der Waals surface area (Å²) in [7, 11) is 0. The molecule has 1 aliphatic rings. The van der Waals surface area contributed by atoms with Crippen LogP contribution >= 0.6 is 15.9 Å². The Labute approximate surface area is 90.4 Å². The summed E-state index contributed by atoms with van der Waals surface area (Å²) in [5.41, 5.74) is 0. The molecular weight excluding hydrogens is 228 g/mol. The molecular formula is C11H21BrO. The Morgan fingerprint density at radius 2 is 2.31 bits per heavy atom. The van der Waals surface area contributed by atoms with Gasteiger partial charge in [0.05, 0.1) is 6.10 Å². The van der Waals surface area contributed by atoms with Crippen molar-refractivity contribution in [2.24, 2.45) is 5.92 Å². The number of halogens is 1. The topological polar surface area (TPSA) is 9.23 Å². The molecule has 0 bridgehead atoms. The van der Waals surface area contributed by atoms with Gasteiger partial charge >= 0.3 is 0 Å². The third-order valence-corrected chi connectivity index (χ3v) is 4.53. The van der Waals surface area contributed by atoms with Crippen molar-refractivity contribution in [1.29, 1.82) is 0 Å². The van der Waals surface area contributed by atoms with Gasteiger partial charge in [0.25, 0.3) is 0 Å². The molecule has 1 saturated heterocycles. The predicted molar refractivity (Wildman–Crippen MR) is 60.4 cm³/mol. The molecule has 0 aliphatic carbocycles. The van der Waals surface area contributed by atoms with Crippen LogP contribution in [0.2, 0.25) is 0 Å². The van der Waals surface area contributed by atoms with E-state index in [4.69, 9.17) is 4.74 Å². The van der Waals surface area contributed by atoms with Crippen LogP contribution in [0.3, 0.4) is 0 Å². The van der Waals surface area contributed by atoms with Crippen molar-refractivity contribution in [3.8, 4) is 0 Å². The molecule has 1 heterocycles. The molecule has 0 aromatic rings. The number of hydrogen-bond donors (Lipinski definition) is 0. The normalized spacial score (nSPS) is 27.5. The Balaban J connectivity index is 2.10. The van der Waals surface area contributed by atoms with Gasteiger partial charge < -0.3 is 4.74 Å². The molecule has 78 valence electrons. The molecule has 1 rings (SSSR count). The van der Waals surface area contributed by atoms with Gasteiger partial charge in [0.2, 0.25) is 0 Å². The zero-order chi connectivity index (χ0) is 9.68. The van der Waals surface area contributed by atoms with Crippen LogP contribution in [0.1, 0.15) is 46.0 Å². The zero-order valence-corrected chi connectivity index (χ0v) is 10.3. The maximum atomic E-state index is 5.60. The second-order valence-corrected chi connectivity index (χ2v) is 5.29. The van der Waals surface area contributed by atoms with E-state index in [1.807, 2.05) is 0 Å². The maximum Gasteiger partial charge on any atom is 0.0576 e. The first kappa shape index (κ1) is 11.5. The fourth-order valence-electron chi connectivity index (χ4n) is 1.90. The molecule has 0 spiro atoms. The molecule has 0 amide bonds. The van der Waals surface area contributed by atoms with E-state index in [0.29, 0.717) is 10.9 Å². The van der Waals surface area contributed by atoms with E-state index in [1.54, 1.807) is 0 Å². The second-order valence-electron chi connectivity index (χ2n) is 4.11. The van der Waals surface area contributed by atoms with E-state index in [2.05, 4.69) is 29.8 Å². The first-order valence-corrected chi connectivity index (χ1v) is 6.41. The number of rotatable bonds is 5. The van der Waals surface area contributed by atoms with E-state index in [1.165, 1.54) is 32.1 Å². The van der Waals surface area contributed by atoms with E-state index in [9.17, 15) is 0 Å². The van der Waals surface area contributed by atoms with Crippen molar-refractivity contribution in [2.75, 3.05) is 6.61 Å². The fourth-order valence-corrected chi connectivity index (χ4v) is 2.17. The van der Waals surface area contributed by atoms with Gasteiger partial charge in [0.1, 0.15) is 0 Å². The molecule has 0 aromatic carbocycles. The highest BCUT2D eigenvalue weighted by molar-refractivity contribution is 9.09. The van der Waals surface area contributed by atoms with Gasteiger partial charge in [-0.15, -0.1) is 0 Å². The van der Waals surface area contributed by atoms with Crippen LogP contribution in [0, 0.1) is 5.92 Å². The van der Waals surface area contributed by atoms with Gasteiger partial charge in [-0.1, -0.05) is 29.8 Å². The summed E-state index contributed by atoms with van der Waals surface area (Å²) in [6.07, 6.45) is 6.90. The molecule has 3 atom stereocenters. The van der Waals surface area contributed by atoms with Gasteiger partial charge in [0, 0.05) is 11.4 Å². The third-order valence-electron chi connectivity index (χ3n) is 2.98. The SMILES string of the molecule is CCC(Br)C(C)CCC1CCCO1. The summed E-state index contributed by atoms with van der Waals surface area (Å²) in [4.78, 5) is 0.689. The molecule has 1 fully saturated rings.